The van der Waals surface area contributed by atoms with Gasteiger partial charge >= 0.3 is 0 Å². The van der Waals surface area contributed by atoms with Crippen molar-refractivity contribution in [2.24, 2.45) is 5.73 Å². The van der Waals surface area contributed by atoms with Crippen LogP contribution in [-0.2, 0) is 4.79 Å². The van der Waals surface area contributed by atoms with Gasteiger partial charge in [-0.05, 0) is 12.2 Å². The van der Waals surface area contributed by atoms with Crippen molar-refractivity contribution in [2.75, 3.05) is 6.54 Å². The maximum Gasteiger partial charge on any atom is 0.260 e. The number of hydrogen-bond donors (Lipinski definition) is 3. The maximum atomic E-state index is 10.6. The fraction of sp³-hybridized carbons (Fsp3) is 0.125. The molecule has 0 aliphatic carbocycles. The predicted molar refractivity (Wildman–Crippen MR) is 56.8 cm³/mol. The number of nitrogens with zero attached hydrogens (tertiary/aromatic N) is 1. The van der Waals surface area contributed by atoms with E-state index in [1.54, 1.807) is 12.1 Å². The second-order valence-electron chi connectivity index (χ2n) is 2.18. The Hall–Kier alpha value is -1.87. The summed E-state index contributed by atoms with van der Waals surface area (Å²) < 4.78 is 0. The fourth-order valence-corrected chi connectivity index (χ4v) is 0.654. The van der Waals surface area contributed by atoms with E-state index in [4.69, 9.17) is 23.2 Å². The van der Waals surface area contributed by atoms with Crippen LogP contribution >= 0.6 is 12.2 Å². The lowest BCUT2D eigenvalue weighted by atomic mass is 10.3. The monoisotopic (exact) mass is 210 g/mol. The van der Waals surface area contributed by atoms with Crippen LogP contribution in [0.3, 0.4) is 0 Å². The van der Waals surface area contributed by atoms with Gasteiger partial charge in [-0.2, -0.15) is 5.26 Å². The van der Waals surface area contributed by atoms with E-state index in [0.29, 0.717) is 11.7 Å². The zero-order valence-electron chi connectivity index (χ0n) is 7.41. The number of thiocarbonyl (C=S) groups is 1. The van der Waals surface area contributed by atoms with E-state index < -0.39 is 5.91 Å². The number of primary amides is 1. The minimum Gasteiger partial charge on any atom is -0.365 e. The van der Waals surface area contributed by atoms with E-state index in [9.17, 15) is 4.79 Å². The average Bonchev–Trinajstić information content (AvgIpc) is 2.15. The first-order chi connectivity index (χ1) is 6.61. The maximum absolute atomic E-state index is 10.6. The van der Waals surface area contributed by atoms with Crippen molar-refractivity contribution in [3.8, 4) is 6.07 Å². The minimum atomic E-state index is -0.800. The molecule has 4 N–H and O–H groups in total. The highest BCUT2D eigenvalue weighted by molar-refractivity contribution is 7.80. The highest BCUT2D eigenvalue weighted by Gasteiger charge is 2.02. The normalized spacial score (nSPS) is 9.79. The Morgan fingerprint density at radius 2 is 2.36 bits per heavy atom. The lowest BCUT2D eigenvalue weighted by Crippen LogP contribution is -2.32. The molecule has 0 heterocycles. The molecule has 0 aromatic carbocycles. The molecule has 6 heteroatoms. The molecule has 0 saturated heterocycles. The molecule has 0 aromatic heterocycles. The molecule has 0 saturated carbocycles. The first-order valence-corrected chi connectivity index (χ1v) is 4.08. The third-order valence-electron chi connectivity index (χ3n) is 1.14. The Bertz CT molecular complexity index is 316. The van der Waals surface area contributed by atoms with Crippen LogP contribution in [-0.4, -0.2) is 17.6 Å². The molecule has 14 heavy (non-hydrogen) atoms. The third kappa shape index (κ3) is 4.90. The van der Waals surface area contributed by atoms with Gasteiger partial charge in [0.25, 0.3) is 5.91 Å². The summed E-state index contributed by atoms with van der Waals surface area (Å²) in [6.07, 6.45) is 2.78. The van der Waals surface area contributed by atoms with Crippen molar-refractivity contribution < 1.29 is 4.79 Å². The van der Waals surface area contributed by atoms with Crippen LogP contribution in [0.1, 0.15) is 0 Å². The molecule has 74 valence electrons. The van der Waals surface area contributed by atoms with Crippen LogP contribution in [0.15, 0.2) is 24.4 Å². The summed E-state index contributed by atoms with van der Waals surface area (Å²) in [5.41, 5.74) is 4.70. The van der Waals surface area contributed by atoms with Crippen molar-refractivity contribution in [1.29, 1.82) is 5.26 Å². The standard InChI is InChI=1S/C8H10N4OS/c1-2-3-11-8(14)12-5-6(4-9)7(10)13/h2,5H,1,3H2,(H2,10,13)(H2,11,12,14)/b6-5-. The smallest absolute Gasteiger partial charge is 0.260 e. The van der Waals surface area contributed by atoms with Gasteiger partial charge in [0.2, 0.25) is 0 Å². The Balaban J connectivity index is 4.14. The van der Waals surface area contributed by atoms with E-state index in [1.807, 2.05) is 0 Å². The first kappa shape index (κ1) is 12.1. The highest BCUT2D eigenvalue weighted by atomic mass is 32.1. The van der Waals surface area contributed by atoms with Crippen LogP contribution in [0.2, 0.25) is 0 Å². The molecule has 5 nitrogen and oxygen atoms in total. The van der Waals surface area contributed by atoms with E-state index >= 15 is 0 Å². The van der Waals surface area contributed by atoms with Gasteiger partial charge in [-0.1, -0.05) is 6.08 Å². The van der Waals surface area contributed by atoms with Crippen molar-refractivity contribution in [2.45, 2.75) is 0 Å². The van der Waals surface area contributed by atoms with Gasteiger partial charge in [0.1, 0.15) is 11.6 Å². The summed E-state index contributed by atoms with van der Waals surface area (Å²) in [5, 5.41) is 14.0. The van der Waals surface area contributed by atoms with Gasteiger partial charge in [-0.3, -0.25) is 4.79 Å². The molecule has 0 atom stereocenters. The fourth-order valence-electron chi connectivity index (χ4n) is 0.512. The van der Waals surface area contributed by atoms with E-state index in [1.165, 1.54) is 0 Å². The number of amides is 1. The van der Waals surface area contributed by atoms with E-state index in [-0.39, 0.29) is 5.57 Å². The zero-order valence-corrected chi connectivity index (χ0v) is 8.23. The van der Waals surface area contributed by atoms with Crippen molar-refractivity contribution in [3.05, 3.63) is 24.4 Å². The van der Waals surface area contributed by atoms with Crippen molar-refractivity contribution >= 4 is 23.2 Å². The van der Waals surface area contributed by atoms with Gasteiger partial charge in [0, 0.05) is 12.7 Å². The number of rotatable bonds is 4. The topological polar surface area (TPSA) is 90.9 Å². The summed E-state index contributed by atoms with van der Waals surface area (Å²) in [4.78, 5) is 10.6. The van der Waals surface area contributed by atoms with Crippen LogP contribution in [0.5, 0.6) is 0 Å². The van der Waals surface area contributed by atoms with Crippen molar-refractivity contribution in [3.63, 3.8) is 0 Å². The minimum absolute atomic E-state index is 0.187. The number of carbonyl (C=O) groups excluding carboxylic acids is 1. The first-order valence-electron chi connectivity index (χ1n) is 3.67. The van der Waals surface area contributed by atoms with Crippen molar-refractivity contribution in [1.82, 2.24) is 10.6 Å². The molecule has 0 fully saturated rings. The summed E-state index contributed by atoms with van der Waals surface area (Å²) >= 11 is 4.80. The summed E-state index contributed by atoms with van der Waals surface area (Å²) in [6, 6.07) is 1.63. The number of hydrogen-bond acceptors (Lipinski definition) is 3. The molecule has 0 aliphatic rings. The average molecular weight is 210 g/mol. The van der Waals surface area contributed by atoms with Crippen LogP contribution < -0.4 is 16.4 Å². The highest BCUT2D eigenvalue weighted by Crippen LogP contribution is 1.86. The largest absolute Gasteiger partial charge is 0.365 e. The summed E-state index contributed by atoms with van der Waals surface area (Å²) in [5.74, 6) is -0.800. The molecular formula is C8H10N4OS. The number of carbonyl (C=O) groups is 1. The SMILES string of the molecule is C=CCNC(=S)N/C=C(/C#N)C(N)=O. The Morgan fingerprint density at radius 3 is 2.79 bits per heavy atom. The Morgan fingerprint density at radius 1 is 1.71 bits per heavy atom. The lowest BCUT2D eigenvalue weighted by Gasteiger charge is -2.03. The van der Waals surface area contributed by atoms with E-state index in [2.05, 4.69) is 17.2 Å². The Kier molecular flexibility index (Phi) is 5.74. The zero-order chi connectivity index (χ0) is 11.0. The molecule has 0 bridgehead atoms. The van der Waals surface area contributed by atoms with E-state index in [0.717, 1.165) is 6.20 Å². The van der Waals surface area contributed by atoms with Gasteiger partial charge in [-0.25, -0.2) is 0 Å². The molecule has 0 radical (unpaired) electrons. The summed E-state index contributed by atoms with van der Waals surface area (Å²) in [7, 11) is 0. The van der Waals surface area contributed by atoms with Crippen LogP contribution in [0.4, 0.5) is 0 Å². The number of nitrogens with one attached hydrogen (secondary N) is 2. The molecule has 0 unspecified atom stereocenters. The third-order valence-corrected chi connectivity index (χ3v) is 1.40. The molecule has 1 amide bonds. The van der Waals surface area contributed by atoms with Gasteiger partial charge in [-0.15, -0.1) is 6.58 Å². The van der Waals surface area contributed by atoms with Crippen LogP contribution in [0.25, 0.3) is 0 Å². The Labute approximate surface area is 87.3 Å². The van der Waals surface area contributed by atoms with Gasteiger partial charge in [0.15, 0.2) is 5.11 Å². The second kappa shape index (κ2) is 6.62. The molecule has 0 rings (SSSR count). The molecule has 0 aliphatic heterocycles. The van der Waals surface area contributed by atoms with Gasteiger partial charge < -0.3 is 16.4 Å². The quantitative estimate of drug-likeness (QED) is 0.252. The number of nitrogens with two attached hydrogens (primary N) is 1. The molecule has 0 aromatic rings. The van der Waals surface area contributed by atoms with Gasteiger partial charge in [0.05, 0.1) is 0 Å². The lowest BCUT2D eigenvalue weighted by molar-refractivity contribution is -0.114. The predicted octanol–water partition coefficient (Wildman–Crippen LogP) is -0.471. The van der Waals surface area contributed by atoms with Crippen LogP contribution in [0, 0.1) is 11.3 Å². The molecular weight excluding hydrogens is 200 g/mol. The molecule has 0 spiro atoms. The number of nitriles is 1. The summed E-state index contributed by atoms with van der Waals surface area (Å²) in [6.45, 7) is 3.98. The second-order valence-corrected chi connectivity index (χ2v) is 2.59.